The Balaban J connectivity index is 2.26. The predicted octanol–water partition coefficient (Wildman–Crippen LogP) is 3.82. The Morgan fingerprint density at radius 3 is 2.46 bits per heavy atom. The van der Waals surface area contributed by atoms with Crippen molar-refractivity contribution in [2.45, 2.75) is 32.3 Å². The largest absolute Gasteiger partial charge is 0.508 e. The molecular formula is C19H21N3O3S. The number of rotatable bonds is 4. The summed E-state index contributed by atoms with van der Waals surface area (Å²) < 4.78 is 7.15. The number of hydrogen-bond acceptors (Lipinski definition) is 6. The summed E-state index contributed by atoms with van der Waals surface area (Å²) in [7, 11) is 1.64. The number of phenolic OH excluding ortho intramolecular Hbond substituents is 2. The fourth-order valence-corrected chi connectivity index (χ4v) is 3.25. The van der Waals surface area contributed by atoms with Crippen LogP contribution in [-0.4, -0.2) is 32.1 Å². The first-order valence-corrected chi connectivity index (χ1v) is 8.67. The monoisotopic (exact) mass is 371 g/mol. The zero-order valence-electron chi connectivity index (χ0n) is 15.1. The van der Waals surface area contributed by atoms with E-state index in [2.05, 4.69) is 22.8 Å². The van der Waals surface area contributed by atoms with Gasteiger partial charge in [0.2, 0.25) is 0 Å². The van der Waals surface area contributed by atoms with Gasteiger partial charge in [-0.3, -0.25) is 4.57 Å². The van der Waals surface area contributed by atoms with Crippen molar-refractivity contribution in [1.29, 1.82) is 0 Å². The van der Waals surface area contributed by atoms with Gasteiger partial charge in [0.25, 0.3) is 0 Å². The molecule has 0 fully saturated rings. The van der Waals surface area contributed by atoms with Crippen molar-refractivity contribution in [2.75, 3.05) is 7.11 Å². The lowest BCUT2D eigenvalue weighted by Crippen LogP contribution is -2.03. The second kappa shape index (κ2) is 6.92. The SMILES string of the molecule is CCc1cc(-c2nnc(S)n2-c2ccc(OC)c(C)c2C)c(O)cc1O. The van der Waals surface area contributed by atoms with Crippen molar-refractivity contribution in [3.05, 3.63) is 41.0 Å². The molecule has 0 amide bonds. The topological polar surface area (TPSA) is 80.4 Å². The highest BCUT2D eigenvalue weighted by Gasteiger charge is 2.20. The van der Waals surface area contributed by atoms with Gasteiger partial charge in [-0.1, -0.05) is 6.92 Å². The number of hydrogen-bond donors (Lipinski definition) is 3. The van der Waals surface area contributed by atoms with Crippen LogP contribution < -0.4 is 4.74 Å². The summed E-state index contributed by atoms with van der Waals surface area (Å²) in [6.45, 7) is 5.90. The maximum Gasteiger partial charge on any atom is 0.193 e. The van der Waals surface area contributed by atoms with E-state index in [0.717, 1.165) is 28.1 Å². The first-order valence-electron chi connectivity index (χ1n) is 8.23. The summed E-state index contributed by atoms with van der Waals surface area (Å²) in [5, 5.41) is 29.0. The molecule has 3 aromatic rings. The lowest BCUT2D eigenvalue weighted by Gasteiger charge is -2.16. The molecule has 2 N–H and O–H groups in total. The quantitative estimate of drug-likeness (QED) is 0.608. The van der Waals surface area contributed by atoms with E-state index in [9.17, 15) is 10.2 Å². The van der Waals surface area contributed by atoms with Crippen LogP contribution in [0.3, 0.4) is 0 Å². The van der Waals surface area contributed by atoms with Gasteiger partial charge in [0, 0.05) is 6.07 Å². The van der Waals surface area contributed by atoms with Crippen LogP contribution in [-0.2, 0) is 6.42 Å². The van der Waals surface area contributed by atoms with Crippen LogP contribution in [0.25, 0.3) is 17.1 Å². The van der Waals surface area contributed by atoms with Crippen LogP contribution in [0, 0.1) is 13.8 Å². The van der Waals surface area contributed by atoms with Crippen LogP contribution in [0.2, 0.25) is 0 Å². The number of thiol groups is 1. The Morgan fingerprint density at radius 1 is 1.08 bits per heavy atom. The minimum atomic E-state index is -0.0652. The molecular weight excluding hydrogens is 350 g/mol. The molecule has 7 heteroatoms. The zero-order chi connectivity index (χ0) is 19.0. The number of aromatic hydroxyl groups is 2. The molecule has 0 saturated heterocycles. The highest BCUT2D eigenvalue weighted by atomic mass is 32.1. The lowest BCUT2D eigenvalue weighted by atomic mass is 10.0. The predicted molar refractivity (Wildman–Crippen MR) is 103 cm³/mol. The van der Waals surface area contributed by atoms with Crippen LogP contribution in [0.1, 0.15) is 23.6 Å². The van der Waals surface area contributed by atoms with E-state index in [-0.39, 0.29) is 11.5 Å². The van der Waals surface area contributed by atoms with Gasteiger partial charge in [0.1, 0.15) is 17.2 Å². The molecule has 0 saturated carbocycles. The van der Waals surface area contributed by atoms with Crippen molar-refractivity contribution in [3.63, 3.8) is 0 Å². The number of methoxy groups -OCH3 is 1. The minimum Gasteiger partial charge on any atom is -0.508 e. The summed E-state index contributed by atoms with van der Waals surface area (Å²) in [6, 6.07) is 6.84. The van der Waals surface area contributed by atoms with Gasteiger partial charge in [0.05, 0.1) is 18.4 Å². The summed E-state index contributed by atoms with van der Waals surface area (Å²) in [6.07, 6.45) is 0.627. The maximum absolute atomic E-state index is 10.4. The number of aromatic nitrogens is 3. The Labute approximate surface area is 157 Å². The van der Waals surface area contributed by atoms with Crippen molar-refractivity contribution < 1.29 is 14.9 Å². The molecule has 0 aliphatic rings. The number of aryl methyl sites for hydroxylation is 1. The van der Waals surface area contributed by atoms with E-state index in [1.54, 1.807) is 17.7 Å². The molecule has 0 atom stereocenters. The van der Waals surface area contributed by atoms with Gasteiger partial charge in [0.15, 0.2) is 11.0 Å². The number of nitrogens with zero attached hydrogens (tertiary/aromatic N) is 3. The van der Waals surface area contributed by atoms with E-state index in [0.29, 0.717) is 23.0 Å². The average Bonchev–Trinajstić information content (AvgIpc) is 2.99. The van der Waals surface area contributed by atoms with Crippen LogP contribution in [0.5, 0.6) is 17.2 Å². The lowest BCUT2D eigenvalue weighted by molar-refractivity contribution is 0.411. The number of phenols is 2. The van der Waals surface area contributed by atoms with E-state index in [1.165, 1.54) is 6.07 Å². The van der Waals surface area contributed by atoms with Gasteiger partial charge >= 0.3 is 0 Å². The second-order valence-electron chi connectivity index (χ2n) is 6.05. The van der Waals surface area contributed by atoms with Gasteiger partial charge in [-0.15, -0.1) is 22.8 Å². The Hall–Kier alpha value is -2.67. The number of benzene rings is 2. The van der Waals surface area contributed by atoms with Gasteiger partial charge in [-0.25, -0.2) is 0 Å². The van der Waals surface area contributed by atoms with Crippen LogP contribution in [0.15, 0.2) is 29.4 Å². The first kappa shape index (κ1) is 18.1. The molecule has 0 unspecified atom stereocenters. The molecule has 0 aliphatic carbocycles. The third-order valence-corrected chi connectivity index (χ3v) is 4.92. The fourth-order valence-electron chi connectivity index (χ4n) is 3.00. The standard InChI is InChI=1S/C19H21N3O3S/c1-5-12-8-13(16(24)9-15(12)23)18-20-21-19(26)22(18)14-6-7-17(25-4)11(3)10(14)2/h6-9,23-24H,5H2,1-4H3,(H,21,26). The van der Waals surface area contributed by atoms with Crippen LogP contribution in [0.4, 0.5) is 0 Å². The molecule has 3 rings (SSSR count). The van der Waals surface area contributed by atoms with Crippen molar-refractivity contribution >= 4 is 12.6 Å². The summed E-state index contributed by atoms with van der Waals surface area (Å²) in [5.41, 5.74) is 4.05. The van der Waals surface area contributed by atoms with E-state index in [4.69, 9.17) is 4.74 Å². The molecule has 6 nitrogen and oxygen atoms in total. The highest BCUT2D eigenvalue weighted by molar-refractivity contribution is 7.80. The normalized spacial score (nSPS) is 11.0. The van der Waals surface area contributed by atoms with Gasteiger partial charge < -0.3 is 14.9 Å². The molecule has 26 heavy (non-hydrogen) atoms. The van der Waals surface area contributed by atoms with E-state index in [1.807, 2.05) is 32.9 Å². The van der Waals surface area contributed by atoms with Crippen LogP contribution >= 0.6 is 12.6 Å². The van der Waals surface area contributed by atoms with Gasteiger partial charge in [-0.2, -0.15) is 0 Å². The fraction of sp³-hybridized carbons (Fsp3) is 0.263. The smallest absolute Gasteiger partial charge is 0.193 e. The Bertz CT molecular complexity index is 983. The third-order valence-electron chi connectivity index (χ3n) is 4.63. The molecule has 1 aromatic heterocycles. The summed E-state index contributed by atoms with van der Waals surface area (Å²) >= 11 is 4.44. The molecule has 2 aromatic carbocycles. The number of ether oxygens (including phenoxy) is 1. The second-order valence-corrected chi connectivity index (χ2v) is 6.45. The average molecular weight is 371 g/mol. The Morgan fingerprint density at radius 2 is 1.81 bits per heavy atom. The molecule has 0 aliphatic heterocycles. The summed E-state index contributed by atoms with van der Waals surface area (Å²) in [5.74, 6) is 1.24. The molecule has 136 valence electrons. The van der Waals surface area contributed by atoms with E-state index < -0.39 is 0 Å². The zero-order valence-corrected chi connectivity index (χ0v) is 16.0. The van der Waals surface area contributed by atoms with Crippen molar-refractivity contribution in [2.24, 2.45) is 0 Å². The first-order chi connectivity index (χ1) is 12.4. The maximum atomic E-state index is 10.4. The van der Waals surface area contributed by atoms with Gasteiger partial charge in [-0.05, 0) is 55.2 Å². The van der Waals surface area contributed by atoms with Crippen molar-refractivity contribution in [3.8, 4) is 34.3 Å². The summed E-state index contributed by atoms with van der Waals surface area (Å²) in [4.78, 5) is 0. The molecule has 0 bridgehead atoms. The molecule has 0 spiro atoms. The van der Waals surface area contributed by atoms with E-state index >= 15 is 0 Å². The molecule has 1 heterocycles. The molecule has 0 radical (unpaired) electrons. The van der Waals surface area contributed by atoms with Crippen molar-refractivity contribution in [1.82, 2.24) is 14.8 Å². The highest BCUT2D eigenvalue weighted by Crippen LogP contribution is 2.37. The third kappa shape index (κ3) is 2.88. The Kier molecular flexibility index (Phi) is 4.82. The minimum absolute atomic E-state index is 0.0578.